The van der Waals surface area contributed by atoms with Crippen molar-refractivity contribution in [2.24, 2.45) is 0 Å². The molecule has 1 fully saturated rings. The molecule has 164 valence electrons. The first-order chi connectivity index (χ1) is 15.0. The highest BCUT2D eigenvalue weighted by molar-refractivity contribution is 7.10. The number of rotatable bonds is 6. The van der Waals surface area contributed by atoms with E-state index in [4.69, 9.17) is 16.3 Å². The number of hydrogen-bond acceptors (Lipinski definition) is 8. The molecule has 2 aromatic heterocycles. The number of hydrogen-bond donors (Lipinski definition) is 2. The number of halogens is 1. The smallest absolute Gasteiger partial charge is 0.338 e. The summed E-state index contributed by atoms with van der Waals surface area (Å²) >= 11 is 7.31. The summed E-state index contributed by atoms with van der Waals surface area (Å²) in [5.74, 6) is 0.363. The molecule has 0 unspecified atom stereocenters. The lowest BCUT2D eigenvalue weighted by Gasteiger charge is -2.37. The zero-order valence-electron chi connectivity index (χ0n) is 17.0. The van der Waals surface area contributed by atoms with Gasteiger partial charge < -0.3 is 20.3 Å². The maximum Gasteiger partial charge on any atom is 0.338 e. The first-order valence-electron chi connectivity index (χ1n) is 10.0. The molecule has 11 heteroatoms. The molecule has 1 atom stereocenters. The monoisotopic (exact) mass is 462 g/mol. The molecular formula is C20H23ClN6O3S. The molecule has 1 saturated heterocycles. The van der Waals surface area contributed by atoms with E-state index in [1.165, 1.54) is 11.3 Å². The van der Waals surface area contributed by atoms with Crippen molar-refractivity contribution in [3.63, 3.8) is 0 Å². The van der Waals surface area contributed by atoms with Crippen molar-refractivity contribution in [1.29, 1.82) is 0 Å². The largest absolute Gasteiger partial charge is 0.463 e. The van der Waals surface area contributed by atoms with E-state index in [2.05, 4.69) is 30.6 Å². The van der Waals surface area contributed by atoms with Crippen LogP contribution < -0.4 is 15.5 Å². The van der Waals surface area contributed by atoms with Gasteiger partial charge in [-0.05, 0) is 30.5 Å². The van der Waals surface area contributed by atoms with Crippen LogP contribution in [0.25, 0.3) is 0 Å². The molecular weight excluding hydrogens is 440 g/mol. The number of nitrogens with zero attached hydrogens (tertiary/aromatic N) is 4. The van der Waals surface area contributed by atoms with Crippen molar-refractivity contribution in [2.45, 2.75) is 13.0 Å². The van der Waals surface area contributed by atoms with Crippen LogP contribution in [0.1, 0.15) is 17.8 Å². The van der Waals surface area contributed by atoms with Crippen LogP contribution in [-0.4, -0.2) is 66.4 Å². The number of aromatic nitrogens is 2. The fourth-order valence-electron chi connectivity index (χ4n) is 3.70. The fourth-order valence-corrected chi connectivity index (χ4v) is 4.58. The summed E-state index contributed by atoms with van der Waals surface area (Å²) in [7, 11) is 0. The normalized spacial score (nSPS) is 19.7. The first kappa shape index (κ1) is 21.5. The number of urea groups is 1. The molecule has 0 spiro atoms. The van der Waals surface area contributed by atoms with Crippen LogP contribution in [-0.2, 0) is 9.53 Å². The molecule has 4 rings (SSSR count). The topological polar surface area (TPSA) is 99.7 Å². The number of piperazine rings is 1. The third kappa shape index (κ3) is 4.97. The summed E-state index contributed by atoms with van der Waals surface area (Å²) in [6.45, 7) is 5.47. The summed E-state index contributed by atoms with van der Waals surface area (Å²) < 4.78 is 5.31. The molecule has 9 nitrogen and oxygen atoms in total. The lowest BCUT2D eigenvalue weighted by atomic mass is 10.0. The van der Waals surface area contributed by atoms with Crippen LogP contribution in [0.2, 0.25) is 5.15 Å². The highest BCUT2D eigenvalue weighted by Gasteiger charge is 2.35. The molecule has 4 heterocycles. The van der Waals surface area contributed by atoms with E-state index >= 15 is 0 Å². The number of amides is 2. The Kier molecular flexibility index (Phi) is 6.69. The van der Waals surface area contributed by atoms with Crippen molar-refractivity contribution >= 4 is 40.8 Å². The highest BCUT2D eigenvalue weighted by atomic mass is 35.5. The van der Waals surface area contributed by atoms with E-state index in [0.29, 0.717) is 23.0 Å². The van der Waals surface area contributed by atoms with Crippen LogP contribution in [0.4, 0.5) is 10.6 Å². The second-order valence-electron chi connectivity index (χ2n) is 7.14. The standard InChI is InChI=1S/C20H23ClN6O3S/c1-2-30-19(28)17-13(22-20(29)23-18(17)14-4-3-11-31-14)12-26-7-9-27(10-8-26)16-6-5-15(21)24-25-16/h3-6,11,18H,2,7-10,12H2,1H3,(H2,22,23,29)/t18-/m1/s1. The number of esters is 1. The molecule has 0 aliphatic carbocycles. The van der Waals surface area contributed by atoms with Crippen molar-refractivity contribution in [1.82, 2.24) is 25.7 Å². The Labute approximate surface area is 189 Å². The second kappa shape index (κ2) is 9.63. The molecule has 0 radical (unpaired) electrons. The van der Waals surface area contributed by atoms with Gasteiger partial charge in [-0.1, -0.05) is 17.7 Å². The van der Waals surface area contributed by atoms with Gasteiger partial charge in [0.25, 0.3) is 0 Å². The number of nitrogens with one attached hydrogen (secondary N) is 2. The number of carbonyl (C=O) groups is 2. The third-order valence-corrected chi connectivity index (χ3v) is 6.31. The molecule has 2 aliphatic rings. The van der Waals surface area contributed by atoms with Crippen LogP contribution in [0.5, 0.6) is 0 Å². The Morgan fingerprint density at radius 3 is 2.71 bits per heavy atom. The predicted molar refractivity (Wildman–Crippen MR) is 118 cm³/mol. The number of thiophene rings is 1. The second-order valence-corrected chi connectivity index (χ2v) is 8.50. The summed E-state index contributed by atoms with van der Waals surface area (Å²) in [5.41, 5.74) is 1.04. The minimum absolute atomic E-state index is 0.265. The van der Waals surface area contributed by atoms with Gasteiger partial charge in [0.15, 0.2) is 11.0 Å². The lowest BCUT2D eigenvalue weighted by Crippen LogP contribution is -2.51. The van der Waals surface area contributed by atoms with Crippen LogP contribution >= 0.6 is 22.9 Å². The lowest BCUT2D eigenvalue weighted by molar-refractivity contribution is -0.139. The van der Waals surface area contributed by atoms with Gasteiger partial charge in [0, 0.05) is 43.3 Å². The molecule has 2 N–H and O–H groups in total. The molecule has 31 heavy (non-hydrogen) atoms. The zero-order valence-corrected chi connectivity index (χ0v) is 18.6. The highest BCUT2D eigenvalue weighted by Crippen LogP contribution is 2.31. The van der Waals surface area contributed by atoms with Gasteiger partial charge in [0.1, 0.15) is 0 Å². The van der Waals surface area contributed by atoms with Crippen LogP contribution in [0.15, 0.2) is 40.9 Å². The maximum absolute atomic E-state index is 12.8. The number of carbonyl (C=O) groups excluding carboxylic acids is 2. The summed E-state index contributed by atoms with van der Waals surface area (Å²) in [4.78, 5) is 30.4. The SMILES string of the molecule is CCOC(=O)C1=C(CN2CCN(c3ccc(Cl)nn3)CC2)NC(=O)N[C@@H]1c1cccs1. The quantitative estimate of drug-likeness (QED) is 0.634. The van der Waals surface area contributed by atoms with E-state index in [9.17, 15) is 9.59 Å². The predicted octanol–water partition coefficient (Wildman–Crippen LogP) is 2.18. The van der Waals surface area contributed by atoms with Gasteiger partial charge in [0.05, 0.1) is 18.2 Å². The van der Waals surface area contributed by atoms with E-state index in [1.807, 2.05) is 23.6 Å². The van der Waals surface area contributed by atoms with Crippen LogP contribution in [0.3, 0.4) is 0 Å². The Morgan fingerprint density at radius 2 is 2.06 bits per heavy atom. The van der Waals surface area contributed by atoms with Gasteiger partial charge in [-0.15, -0.1) is 21.5 Å². The molecule has 0 saturated carbocycles. The number of anilines is 1. The average Bonchev–Trinajstić information content (AvgIpc) is 3.29. The number of ether oxygens (including phenoxy) is 1. The van der Waals surface area contributed by atoms with Gasteiger partial charge in [-0.3, -0.25) is 4.90 Å². The minimum Gasteiger partial charge on any atom is -0.463 e. The minimum atomic E-state index is -0.520. The molecule has 2 aliphatic heterocycles. The van der Waals surface area contributed by atoms with Gasteiger partial charge >= 0.3 is 12.0 Å². The summed E-state index contributed by atoms with van der Waals surface area (Å²) in [5, 5.41) is 16.0. The van der Waals surface area contributed by atoms with Crippen LogP contribution in [0, 0.1) is 0 Å². The van der Waals surface area contributed by atoms with Crippen molar-refractivity contribution in [3.05, 3.63) is 50.9 Å². The Bertz CT molecular complexity index is 958. The molecule has 2 aromatic rings. The van der Waals surface area contributed by atoms with Crippen molar-refractivity contribution < 1.29 is 14.3 Å². The molecule has 2 amide bonds. The summed E-state index contributed by atoms with van der Waals surface area (Å²) in [6, 6.07) is 6.54. The summed E-state index contributed by atoms with van der Waals surface area (Å²) in [6.07, 6.45) is 0. The fraction of sp³-hybridized carbons (Fsp3) is 0.400. The maximum atomic E-state index is 12.8. The third-order valence-electron chi connectivity index (χ3n) is 5.17. The van der Waals surface area contributed by atoms with Gasteiger partial charge in [-0.25, -0.2) is 9.59 Å². The van der Waals surface area contributed by atoms with E-state index in [-0.39, 0.29) is 12.6 Å². The van der Waals surface area contributed by atoms with E-state index in [1.54, 1.807) is 13.0 Å². The van der Waals surface area contributed by atoms with Crippen molar-refractivity contribution in [3.8, 4) is 0 Å². The first-order valence-corrected chi connectivity index (χ1v) is 11.3. The Balaban J connectivity index is 1.51. The molecule has 0 aromatic carbocycles. The van der Waals surface area contributed by atoms with Gasteiger partial charge in [-0.2, -0.15) is 0 Å². The van der Waals surface area contributed by atoms with Gasteiger partial charge in [0.2, 0.25) is 0 Å². The average molecular weight is 463 g/mol. The van der Waals surface area contributed by atoms with Crippen molar-refractivity contribution in [2.75, 3.05) is 44.2 Å². The van der Waals surface area contributed by atoms with E-state index < -0.39 is 12.0 Å². The molecule has 0 bridgehead atoms. The van der Waals surface area contributed by atoms with E-state index in [0.717, 1.165) is 36.9 Å². The Hall–Kier alpha value is -2.69. The zero-order chi connectivity index (χ0) is 21.8. The Morgan fingerprint density at radius 1 is 1.26 bits per heavy atom.